The molecule has 122 valence electrons. The first-order chi connectivity index (χ1) is 11.6. The Hall–Kier alpha value is -2.31. The van der Waals surface area contributed by atoms with Gasteiger partial charge in [0.2, 0.25) is 0 Å². The van der Waals surface area contributed by atoms with Gasteiger partial charge >= 0.3 is 0 Å². The summed E-state index contributed by atoms with van der Waals surface area (Å²) in [6, 6.07) is 13.0. The minimum absolute atomic E-state index is 0.0354. The van der Waals surface area contributed by atoms with E-state index in [4.69, 9.17) is 5.73 Å². The van der Waals surface area contributed by atoms with Crippen molar-refractivity contribution in [3.63, 3.8) is 0 Å². The number of hydrogen-bond donors (Lipinski definition) is 2. The lowest BCUT2D eigenvalue weighted by atomic mass is 10.1. The van der Waals surface area contributed by atoms with E-state index in [2.05, 4.69) is 5.32 Å². The molecular formula is C18H17N3O2S. The number of carbonyl (C=O) groups is 2. The molecule has 2 aliphatic rings. The topological polar surface area (TPSA) is 75.4 Å². The summed E-state index contributed by atoms with van der Waals surface area (Å²) in [5, 5.41) is 2.92. The molecule has 0 aromatic heterocycles. The molecule has 1 unspecified atom stereocenters. The van der Waals surface area contributed by atoms with Crippen molar-refractivity contribution in [1.29, 1.82) is 0 Å². The Morgan fingerprint density at radius 1 is 1.21 bits per heavy atom. The van der Waals surface area contributed by atoms with Crippen LogP contribution in [0, 0.1) is 0 Å². The maximum atomic E-state index is 12.6. The van der Waals surface area contributed by atoms with Gasteiger partial charge in [0, 0.05) is 34.5 Å². The smallest absolute Gasteiger partial charge is 0.256 e. The highest BCUT2D eigenvalue weighted by Crippen LogP contribution is 2.39. The molecule has 5 nitrogen and oxygen atoms in total. The minimum atomic E-state index is -0.148. The Kier molecular flexibility index (Phi) is 3.78. The fraction of sp³-hybridized carbons (Fsp3) is 0.222. The summed E-state index contributed by atoms with van der Waals surface area (Å²) in [5.74, 6) is -0.184. The highest BCUT2D eigenvalue weighted by molar-refractivity contribution is 7.99. The van der Waals surface area contributed by atoms with Crippen molar-refractivity contribution in [2.75, 3.05) is 18.4 Å². The fourth-order valence-corrected chi connectivity index (χ4v) is 4.07. The van der Waals surface area contributed by atoms with Crippen molar-refractivity contribution in [3.05, 3.63) is 53.6 Å². The summed E-state index contributed by atoms with van der Waals surface area (Å²) < 4.78 is 0. The van der Waals surface area contributed by atoms with Crippen LogP contribution >= 0.6 is 11.8 Å². The number of rotatable bonds is 1. The third kappa shape index (κ3) is 2.68. The zero-order valence-corrected chi connectivity index (χ0v) is 13.8. The summed E-state index contributed by atoms with van der Waals surface area (Å²) >= 11 is 1.53. The van der Waals surface area contributed by atoms with Crippen molar-refractivity contribution in [1.82, 2.24) is 4.90 Å². The number of fused-ring (bicyclic) bond motifs is 2. The van der Waals surface area contributed by atoms with Gasteiger partial charge in [-0.25, -0.2) is 0 Å². The van der Waals surface area contributed by atoms with Gasteiger partial charge in [0.25, 0.3) is 11.8 Å². The first-order valence-electron chi connectivity index (χ1n) is 7.89. The van der Waals surface area contributed by atoms with Crippen molar-refractivity contribution < 1.29 is 9.59 Å². The molecule has 0 saturated carbocycles. The molecule has 1 fully saturated rings. The lowest BCUT2D eigenvalue weighted by Crippen LogP contribution is -2.31. The van der Waals surface area contributed by atoms with Crippen molar-refractivity contribution >= 4 is 29.3 Å². The van der Waals surface area contributed by atoms with Gasteiger partial charge in [0.1, 0.15) is 0 Å². The Morgan fingerprint density at radius 3 is 2.83 bits per heavy atom. The van der Waals surface area contributed by atoms with Gasteiger partial charge in [-0.3, -0.25) is 9.59 Å². The second-order valence-corrected chi connectivity index (χ2v) is 7.15. The van der Waals surface area contributed by atoms with Gasteiger partial charge in [-0.15, -0.1) is 0 Å². The van der Waals surface area contributed by atoms with Crippen LogP contribution in [0.5, 0.6) is 0 Å². The average Bonchev–Trinajstić information content (AvgIpc) is 2.96. The molecule has 4 rings (SSSR count). The summed E-state index contributed by atoms with van der Waals surface area (Å²) in [5.41, 5.74) is 7.79. The number of likely N-dealkylation sites (tertiary alicyclic amines) is 1. The van der Waals surface area contributed by atoms with Crippen molar-refractivity contribution in [2.24, 2.45) is 5.73 Å². The molecular weight excluding hydrogens is 322 g/mol. The Labute approximate surface area is 144 Å². The van der Waals surface area contributed by atoms with Crippen LogP contribution in [0.4, 0.5) is 5.69 Å². The number of nitrogens with two attached hydrogens (primary N) is 1. The van der Waals surface area contributed by atoms with Crippen LogP contribution in [-0.2, 0) is 0 Å². The SMILES string of the molecule is NC1CCN(C(=O)c2ccc3c(c2)NC(=O)c2ccccc2S3)C1. The maximum Gasteiger partial charge on any atom is 0.256 e. The molecule has 24 heavy (non-hydrogen) atoms. The molecule has 6 heteroatoms. The zero-order valence-electron chi connectivity index (χ0n) is 13.0. The number of benzene rings is 2. The van der Waals surface area contributed by atoms with E-state index in [1.807, 2.05) is 30.3 Å². The van der Waals surface area contributed by atoms with E-state index < -0.39 is 0 Å². The molecule has 0 aliphatic carbocycles. The standard InChI is InChI=1S/C18H17N3O2S/c19-12-7-8-21(10-12)18(23)11-5-6-16-14(9-11)20-17(22)13-3-1-2-4-15(13)24-16/h1-6,9,12H,7-8,10,19H2,(H,20,22). The van der Waals surface area contributed by atoms with Crippen molar-refractivity contribution in [2.45, 2.75) is 22.3 Å². The molecule has 3 N–H and O–H groups in total. The van der Waals surface area contributed by atoms with Gasteiger partial charge in [0.05, 0.1) is 11.3 Å². The van der Waals surface area contributed by atoms with Crippen molar-refractivity contribution in [3.8, 4) is 0 Å². The largest absolute Gasteiger partial charge is 0.337 e. The Morgan fingerprint density at radius 2 is 2.04 bits per heavy atom. The molecule has 2 heterocycles. The summed E-state index contributed by atoms with van der Waals surface area (Å²) in [7, 11) is 0. The Balaban J connectivity index is 1.66. The van der Waals surface area contributed by atoms with Gasteiger partial charge in [-0.1, -0.05) is 23.9 Å². The lowest BCUT2D eigenvalue weighted by Gasteiger charge is -2.17. The quantitative estimate of drug-likeness (QED) is 0.837. The van der Waals surface area contributed by atoms with E-state index in [-0.39, 0.29) is 17.9 Å². The molecule has 0 spiro atoms. The summed E-state index contributed by atoms with van der Waals surface area (Å²) in [6.07, 6.45) is 0.832. The average molecular weight is 339 g/mol. The number of anilines is 1. The number of nitrogens with one attached hydrogen (secondary N) is 1. The number of amides is 2. The van der Waals surface area contributed by atoms with Crippen LogP contribution in [0.15, 0.2) is 52.3 Å². The van der Waals surface area contributed by atoms with Crippen LogP contribution in [-0.4, -0.2) is 35.8 Å². The number of carbonyl (C=O) groups excluding carboxylic acids is 2. The minimum Gasteiger partial charge on any atom is -0.337 e. The predicted octanol–water partition coefficient (Wildman–Crippen LogP) is 2.58. The maximum absolute atomic E-state index is 12.6. The predicted molar refractivity (Wildman–Crippen MR) is 93.5 cm³/mol. The van der Waals surface area contributed by atoms with E-state index in [1.54, 1.807) is 17.0 Å². The third-order valence-corrected chi connectivity index (χ3v) is 5.49. The van der Waals surface area contributed by atoms with Crippen LogP contribution in [0.2, 0.25) is 0 Å². The monoisotopic (exact) mass is 339 g/mol. The number of nitrogens with zero attached hydrogens (tertiary/aromatic N) is 1. The molecule has 2 amide bonds. The molecule has 2 aromatic carbocycles. The molecule has 2 aromatic rings. The van der Waals surface area contributed by atoms with Crippen LogP contribution < -0.4 is 11.1 Å². The first-order valence-corrected chi connectivity index (χ1v) is 8.70. The van der Waals surface area contributed by atoms with E-state index in [0.29, 0.717) is 29.9 Å². The van der Waals surface area contributed by atoms with Crippen LogP contribution in [0.1, 0.15) is 27.1 Å². The molecule has 0 radical (unpaired) electrons. The van der Waals surface area contributed by atoms with Gasteiger partial charge in [-0.2, -0.15) is 0 Å². The van der Waals surface area contributed by atoms with E-state index in [9.17, 15) is 9.59 Å². The zero-order chi connectivity index (χ0) is 16.7. The van der Waals surface area contributed by atoms with Crippen LogP contribution in [0.3, 0.4) is 0 Å². The molecule has 1 saturated heterocycles. The van der Waals surface area contributed by atoms with Crippen LogP contribution in [0.25, 0.3) is 0 Å². The number of hydrogen-bond acceptors (Lipinski definition) is 4. The highest BCUT2D eigenvalue weighted by Gasteiger charge is 2.26. The van der Waals surface area contributed by atoms with E-state index in [1.165, 1.54) is 11.8 Å². The normalized spacial score (nSPS) is 19.3. The van der Waals surface area contributed by atoms with Gasteiger partial charge in [-0.05, 0) is 36.8 Å². The molecule has 1 atom stereocenters. The first kappa shape index (κ1) is 15.2. The second kappa shape index (κ2) is 5.96. The third-order valence-electron chi connectivity index (χ3n) is 4.34. The molecule has 2 aliphatic heterocycles. The van der Waals surface area contributed by atoms with Gasteiger partial charge in [0.15, 0.2) is 0 Å². The molecule has 0 bridgehead atoms. The Bertz CT molecular complexity index is 837. The second-order valence-electron chi connectivity index (χ2n) is 6.06. The van der Waals surface area contributed by atoms with E-state index in [0.717, 1.165) is 16.2 Å². The fourth-order valence-electron chi connectivity index (χ4n) is 3.06. The summed E-state index contributed by atoms with van der Waals surface area (Å²) in [6.45, 7) is 1.27. The van der Waals surface area contributed by atoms with E-state index >= 15 is 0 Å². The lowest BCUT2D eigenvalue weighted by molar-refractivity contribution is 0.0790. The highest BCUT2D eigenvalue weighted by atomic mass is 32.2. The summed E-state index contributed by atoms with van der Waals surface area (Å²) in [4.78, 5) is 28.6. The van der Waals surface area contributed by atoms with Gasteiger partial charge < -0.3 is 16.0 Å².